The monoisotopic (exact) mass is 379 g/mol. The first-order chi connectivity index (χ1) is 13.6. The number of halogens is 1. The van der Waals surface area contributed by atoms with Crippen LogP contribution in [-0.2, 0) is 6.54 Å². The summed E-state index contributed by atoms with van der Waals surface area (Å²) in [5.74, 6) is 0.156. The number of amides is 1. The molecule has 2 aliphatic heterocycles. The van der Waals surface area contributed by atoms with Crippen molar-refractivity contribution >= 4 is 5.91 Å². The predicted octanol–water partition coefficient (Wildman–Crippen LogP) is 2.90. The van der Waals surface area contributed by atoms with Crippen molar-refractivity contribution < 1.29 is 13.6 Å². The molecule has 2 bridgehead atoms. The SMILES string of the molecule is O=C(c1ncoc1-c1ccc(F)cc1)N1C[C@@H]2C[C@H](C1)c1cccc(=O)n1C2. The lowest BCUT2D eigenvalue weighted by Gasteiger charge is -2.42. The van der Waals surface area contributed by atoms with Crippen molar-refractivity contribution in [1.29, 1.82) is 0 Å². The van der Waals surface area contributed by atoms with Gasteiger partial charge in [-0.25, -0.2) is 9.37 Å². The average Bonchev–Trinajstić information content (AvgIpc) is 3.18. The van der Waals surface area contributed by atoms with Crippen LogP contribution in [0.3, 0.4) is 0 Å². The molecule has 4 heterocycles. The molecule has 2 aromatic heterocycles. The molecule has 0 unspecified atom stereocenters. The maximum absolute atomic E-state index is 13.2. The van der Waals surface area contributed by atoms with Gasteiger partial charge in [-0.05, 0) is 42.7 Å². The van der Waals surface area contributed by atoms with Crippen molar-refractivity contribution in [3.05, 3.63) is 76.4 Å². The van der Waals surface area contributed by atoms with Crippen LogP contribution in [0.5, 0.6) is 0 Å². The van der Waals surface area contributed by atoms with Crippen molar-refractivity contribution in [2.45, 2.75) is 18.9 Å². The minimum atomic E-state index is -0.353. The van der Waals surface area contributed by atoms with Crippen LogP contribution < -0.4 is 5.56 Å². The number of oxazole rings is 1. The van der Waals surface area contributed by atoms with E-state index in [1.807, 2.05) is 10.6 Å². The number of fused-ring (bicyclic) bond motifs is 4. The summed E-state index contributed by atoms with van der Waals surface area (Å²) in [6.07, 6.45) is 2.21. The van der Waals surface area contributed by atoms with Gasteiger partial charge >= 0.3 is 0 Å². The Bertz CT molecular complexity index is 1100. The zero-order valence-electron chi connectivity index (χ0n) is 15.0. The molecule has 1 amide bonds. The van der Waals surface area contributed by atoms with E-state index in [4.69, 9.17) is 4.42 Å². The minimum absolute atomic E-state index is 0.0158. The highest BCUT2D eigenvalue weighted by Crippen LogP contribution is 2.36. The number of piperidine rings is 1. The molecule has 28 heavy (non-hydrogen) atoms. The molecule has 1 saturated heterocycles. The third-order valence-corrected chi connectivity index (χ3v) is 5.64. The van der Waals surface area contributed by atoms with Crippen LogP contribution in [0.25, 0.3) is 11.3 Å². The smallest absolute Gasteiger partial charge is 0.276 e. The summed E-state index contributed by atoms with van der Waals surface area (Å²) >= 11 is 0. The lowest BCUT2D eigenvalue weighted by Crippen LogP contribution is -2.49. The Hall–Kier alpha value is -3.22. The van der Waals surface area contributed by atoms with Gasteiger partial charge in [0.2, 0.25) is 0 Å². The number of likely N-dealkylation sites (tertiary alicyclic amines) is 1. The first-order valence-electron chi connectivity index (χ1n) is 9.28. The van der Waals surface area contributed by atoms with E-state index in [1.165, 1.54) is 18.5 Å². The van der Waals surface area contributed by atoms with Crippen LogP contribution in [0, 0.1) is 11.7 Å². The Labute approximate surface area is 160 Å². The van der Waals surface area contributed by atoms with Gasteiger partial charge in [0.1, 0.15) is 5.82 Å². The standard InChI is InChI=1S/C21H18FN3O3/c22-16-6-4-14(5-7-16)20-19(23-12-28-20)21(27)24-9-13-8-15(11-24)17-2-1-3-18(26)25(17)10-13/h1-7,12-13,15H,8-11H2/t13-,15+/m0/s1. The van der Waals surface area contributed by atoms with E-state index in [-0.39, 0.29) is 34.8 Å². The molecular formula is C21H18FN3O3. The van der Waals surface area contributed by atoms with Gasteiger partial charge in [-0.2, -0.15) is 0 Å². The van der Waals surface area contributed by atoms with Crippen molar-refractivity contribution in [2.75, 3.05) is 13.1 Å². The molecule has 1 fully saturated rings. The summed E-state index contributed by atoms with van der Waals surface area (Å²) in [6.45, 7) is 1.74. The second-order valence-corrected chi connectivity index (χ2v) is 7.45. The Balaban J connectivity index is 1.45. The van der Waals surface area contributed by atoms with Gasteiger partial charge in [-0.15, -0.1) is 0 Å². The molecule has 2 aliphatic rings. The number of nitrogens with zero attached hydrogens (tertiary/aromatic N) is 3. The fraction of sp³-hybridized carbons (Fsp3) is 0.286. The molecule has 0 saturated carbocycles. The largest absolute Gasteiger partial charge is 0.443 e. The normalized spacial score (nSPS) is 20.7. The Morgan fingerprint density at radius 2 is 1.93 bits per heavy atom. The molecule has 7 heteroatoms. The van der Waals surface area contributed by atoms with E-state index >= 15 is 0 Å². The van der Waals surface area contributed by atoms with Crippen LogP contribution in [0.1, 0.15) is 28.5 Å². The second kappa shape index (κ2) is 6.44. The zero-order valence-corrected chi connectivity index (χ0v) is 15.0. The molecule has 0 spiro atoms. The Morgan fingerprint density at radius 1 is 1.11 bits per heavy atom. The maximum atomic E-state index is 13.2. The highest BCUT2D eigenvalue weighted by Gasteiger charge is 2.37. The molecule has 2 atom stereocenters. The first kappa shape index (κ1) is 16.9. The van der Waals surface area contributed by atoms with E-state index < -0.39 is 0 Å². The highest BCUT2D eigenvalue weighted by atomic mass is 19.1. The van der Waals surface area contributed by atoms with Crippen LogP contribution >= 0.6 is 0 Å². The van der Waals surface area contributed by atoms with Gasteiger partial charge in [0.25, 0.3) is 11.5 Å². The second-order valence-electron chi connectivity index (χ2n) is 7.45. The quantitative estimate of drug-likeness (QED) is 0.687. The van der Waals surface area contributed by atoms with Gasteiger partial charge in [0.05, 0.1) is 0 Å². The Kier molecular flexibility index (Phi) is 3.89. The lowest BCUT2D eigenvalue weighted by molar-refractivity contribution is 0.0589. The molecule has 3 aromatic rings. The van der Waals surface area contributed by atoms with E-state index in [2.05, 4.69) is 4.98 Å². The fourth-order valence-corrected chi connectivity index (χ4v) is 4.42. The molecule has 142 valence electrons. The summed E-state index contributed by atoms with van der Waals surface area (Å²) in [5.41, 5.74) is 1.84. The molecular weight excluding hydrogens is 361 g/mol. The van der Waals surface area contributed by atoms with Gasteiger partial charge < -0.3 is 13.9 Å². The average molecular weight is 379 g/mol. The summed E-state index contributed by atoms with van der Waals surface area (Å²) in [4.78, 5) is 31.3. The number of pyridine rings is 1. The number of benzene rings is 1. The lowest BCUT2D eigenvalue weighted by atomic mass is 9.83. The van der Waals surface area contributed by atoms with Gasteiger partial charge in [-0.1, -0.05) is 6.07 Å². The number of hydrogen-bond donors (Lipinski definition) is 0. The summed E-state index contributed by atoms with van der Waals surface area (Å²) in [6, 6.07) is 11.1. The molecule has 0 radical (unpaired) electrons. The van der Waals surface area contributed by atoms with Crippen LogP contribution in [0.2, 0.25) is 0 Å². The number of carbonyl (C=O) groups excluding carboxylic acids is 1. The predicted molar refractivity (Wildman–Crippen MR) is 99.4 cm³/mol. The number of hydrogen-bond acceptors (Lipinski definition) is 4. The molecule has 6 nitrogen and oxygen atoms in total. The maximum Gasteiger partial charge on any atom is 0.276 e. The molecule has 0 N–H and O–H groups in total. The number of rotatable bonds is 2. The van der Waals surface area contributed by atoms with Crippen molar-refractivity contribution in [1.82, 2.24) is 14.5 Å². The molecule has 1 aromatic carbocycles. The molecule has 5 rings (SSSR count). The van der Waals surface area contributed by atoms with Crippen LogP contribution in [-0.4, -0.2) is 33.4 Å². The van der Waals surface area contributed by atoms with Crippen molar-refractivity contribution in [3.8, 4) is 11.3 Å². The fourth-order valence-electron chi connectivity index (χ4n) is 4.42. The van der Waals surface area contributed by atoms with E-state index in [0.29, 0.717) is 31.0 Å². The first-order valence-corrected chi connectivity index (χ1v) is 9.28. The third kappa shape index (κ3) is 2.74. The van der Waals surface area contributed by atoms with Crippen LogP contribution in [0.15, 0.2) is 58.1 Å². The van der Waals surface area contributed by atoms with Crippen molar-refractivity contribution in [3.63, 3.8) is 0 Å². The topological polar surface area (TPSA) is 68.3 Å². The summed E-state index contributed by atoms with van der Waals surface area (Å²) in [7, 11) is 0. The molecule has 0 aliphatic carbocycles. The van der Waals surface area contributed by atoms with Gasteiger partial charge in [-0.3, -0.25) is 9.59 Å². The van der Waals surface area contributed by atoms with E-state index in [0.717, 1.165) is 12.1 Å². The summed E-state index contributed by atoms with van der Waals surface area (Å²) < 4.78 is 20.5. The van der Waals surface area contributed by atoms with Crippen molar-refractivity contribution in [2.24, 2.45) is 5.92 Å². The van der Waals surface area contributed by atoms with Crippen LogP contribution in [0.4, 0.5) is 4.39 Å². The van der Waals surface area contributed by atoms with Gasteiger partial charge in [0, 0.05) is 42.9 Å². The van der Waals surface area contributed by atoms with E-state index in [9.17, 15) is 14.0 Å². The number of carbonyl (C=O) groups is 1. The minimum Gasteiger partial charge on any atom is -0.443 e. The zero-order chi connectivity index (χ0) is 19.3. The van der Waals surface area contributed by atoms with E-state index in [1.54, 1.807) is 29.2 Å². The third-order valence-electron chi connectivity index (χ3n) is 5.64. The summed E-state index contributed by atoms with van der Waals surface area (Å²) in [5, 5.41) is 0. The highest BCUT2D eigenvalue weighted by molar-refractivity contribution is 5.97. The van der Waals surface area contributed by atoms with Gasteiger partial charge in [0.15, 0.2) is 17.8 Å². The Morgan fingerprint density at radius 3 is 2.75 bits per heavy atom. The number of aromatic nitrogens is 2.